The fourth-order valence-corrected chi connectivity index (χ4v) is 3.15. The van der Waals surface area contributed by atoms with E-state index >= 15 is 0 Å². The first kappa shape index (κ1) is 18.9. The van der Waals surface area contributed by atoms with Gasteiger partial charge in [-0.1, -0.05) is 19.1 Å². The molecule has 6 nitrogen and oxygen atoms in total. The summed E-state index contributed by atoms with van der Waals surface area (Å²) in [6.07, 6.45) is 3.83. The molecule has 0 aliphatic heterocycles. The summed E-state index contributed by atoms with van der Waals surface area (Å²) in [6, 6.07) is 3.31. The zero-order chi connectivity index (χ0) is 17.6. The van der Waals surface area contributed by atoms with Crippen LogP contribution in [0.15, 0.2) is 35.7 Å². The van der Waals surface area contributed by atoms with Crippen molar-refractivity contribution in [2.75, 3.05) is 6.26 Å². The van der Waals surface area contributed by atoms with E-state index in [0.29, 0.717) is 18.4 Å². The molecular formula is C16H21NO5S. The Balaban J connectivity index is 3.08. The molecule has 1 amide bonds. The summed E-state index contributed by atoms with van der Waals surface area (Å²) >= 11 is 0. The van der Waals surface area contributed by atoms with Gasteiger partial charge in [-0.15, -0.1) is 6.58 Å². The predicted octanol–water partition coefficient (Wildman–Crippen LogP) is 1.80. The molecule has 0 saturated carbocycles. The van der Waals surface area contributed by atoms with Crippen molar-refractivity contribution >= 4 is 21.7 Å². The number of carbonyl (C=O) groups is 2. The van der Waals surface area contributed by atoms with Gasteiger partial charge in [0.1, 0.15) is 6.04 Å². The van der Waals surface area contributed by atoms with Gasteiger partial charge in [-0.2, -0.15) is 0 Å². The number of nitrogens with one attached hydrogen (secondary N) is 1. The summed E-state index contributed by atoms with van der Waals surface area (Å²) in [7, 11) is -3.47. The van der Waals surface area contributed by atoms with Crippen LogP contribution in [0.5, 0.6) is 0 Å². The van der Waals surface area contributed by atoms with Crippen molar-refractivity contribution in [2.24, 2.45) is 0 Å². The van der Waals surface area contributed by atoms with Gasteiger partial charge in [-0.25, -0.2) is 13.2 Å². The normalized spacial score (nSPS) is 12.4. The van der Waals surface area contributed by atoms with Gasteiger partial charge in [0.05, 0.1) is 4.90 Å². The van der Waals surface area contributed by atoms with Crippen LogP contribution < -0.4 is 5.32 Å². The van der Waals surface area contributed by atoms with Gasteiger partial charge in [0.25, 0.3) is 5.91 Å². The average Bonchev–Trinajstić information content (AvgIpc) is 2.49. The molecule has 1 rings (SSSR count). The third kappa shape index (κ3) is 5.21. The number of hydrogen-bond acceptors (Lipinski definition) is 4. The second kappa shape index (κ2) is 7.92. The maximum absolute atomic E-state index is 12.2. The quantitative estimate of drug-likeness (QED) is 0.703. The Morgan fingerprint density at radius 1 is 1.39 bits per heavy atom. The van der Waals surface area contributed by atoms with Crippen LogP contribution in [0, 0.1) is 0 Å². The number of carbonyl (C=O) groups excluding carboxylic acids is 1. The van der Waals surface area contributed by atoms with Crippen molar-refractivity contribution in [2.45, 2.75) is 37.1 Å². The highest BCUT2D eigenvalue weighted by Crippen LogP contribution is 2.19. The van der Waals surface area contributed by atoms with E-state index in [1.165, 1.54) is 12.1 Å². The predicted molar refractivity (Wildman–Crippen MR) is 87.3 cm³/mol. The van der Waals surface area contributed by atoms with Crippen molar-refractivity contribution in [3.8, 4) is 0 Å². The molecule has 0 radical (unpaired) electrons. The van der Waals surface area contributed by atoms with E-state index in [2.05, 4.69) is 11.9 Å². The molecule has 0 bridgehead atoms. The smallest absolute Gasteiger partial charge is 0.326 e. The summed E-state index contributed by atoms with van der Waals surface area (Å²) in [4.78, 5) is 23.4. The molecule has 1 unspecified atom stereocenters. The van der Waals surface area contributed by atoms with E-state index in [9.17, 15) is 18.0 Å². The van der Waals surface area contributed by atoms with Crippen molar-refractivity contribution < 1.29 is 23.1 Å². The van der Waals surface area contributed by atoms with Gasteiger partial charge in [0.2, 0.25) is 0 Å². The Hall–Kier alpha value is -2.15. The van der Waals surface area contributed by atoms with Crippen molar-refractivity contribution in [3.63, 3.8) is 0 Å². The minimum Gasteiger partial charge on any atom is -0.480 e. The number of sulfone groups is 1. The number of hydrogen-bond donors (Lipinski definition) is 2. The van der Waals surface area contributed by atoms with Gasteiger partial charge in [-0.05, 0) is 37.0 Å². The van der Waals surface area contributed by atoms with Gasteiger partial charge >= 0.3 is 5.97 Å². The first-order valence-electron chi connectivity index (χ1n) is 7.18. The van der Waals surface area contributed by atoms with Crippen LogP contribution in [0.2, 0.25) is 0 Å². The first-order chi connectivity index (χ1) is 10.7. The minimum absolute atomic E-state index is 0.0885. The molecule has 1 aromatic carbocycles. The van der Waals surface area contributed by atoms with E-state index in [1.807, 2.05) is 6.92 Å². The number of aliphatic carboxylic acids is 1. The van der Waals surface area contributed by atoms with Gasteiger partial charge in [0.15, 0.2) is 9.84 Å². The molecule has 0 aliphatic carbocycles. The fourth-order valence-electron chi connectivity index (χ4n) is 2.12. The maximum Gasteiger partial charge on any atom is 0.326 e. The van der Waals surface area contributed by atoms with E-state index in [4.69, 9.17) is 5.11 Å². The molecule has 23 heavy (non-hydrogen) atoms. The molecule has 1 aromatic rings. The van der Waals surface area contributed by atoms with E-state index in [-0.39, 0.29) is 16.9 Å². The minimum atomic E-state index is -3.47. The average molecular weight is 339 g/mol. The summed E-state index contributed by atoms with van der Waals surface area (Å²) in [5.74, 6) is -1.76. The lowest BCUT2D eigenvalue weighted by Crippen LogP contribution is -2.40. The highest BCUT2D eigenvalue weighted by Gasteiger charge is 2.21. The van der Waals surface area contributed by atoms with E-state index in [0.717, 1.165) is 6.26 Å². The van der Waals surface area contributed by atoms with Crippen molar-refractivity contribution in [3.05, 3.63) is 42.0 Å². The van der Waals surface area contributed by atoms with Gasteiger partial charge in [0, 0.05) is 11.8 Å². The van der Waals surface area contributed by atoms with Crippen LogP contribution >= 0.6 is 0 Å². The summed E-state index contributed by atoms with van der Waals surface area (Å²) < 4.78 is 23.6. The Bertz CT molecular complexity index is 709. The van der Waals surface area contributed by atoms with Crippen molar-refractivity contribution in [1.29, 1.82) is 0 Å². The van der Waals surface area contributed by atoms with Gasteiger partial charge in [-0.3, -0.25) is 4.79 Å². The Labute approximate surface area is 136 Å². The SMILES string of the molecule is C=CCCC(NC(=O)c1ccc(CC)c(S(C)(=O)=O)c1)C(=O)O. The number of carboxylic acids is 1. The largest absolute Gasteiger partial charge is 0.480 e. The molecule has 7 heteroatoms. The molecule has 0 fully saturated rings. The number of amides is 1. The van der Waals surface area contributed by atoms with Crippen LogP contribution in [-0.4, -0.2) is 37.7 Å². The molecule has 0 spiro atoms. The highest BCUT2D eigenvalue weighted by molar-refractivity contribution is 7.90. The second-order valence-electron chi connectivity index (χ2n) is 5.18. The van der Waals surface area contributed by atoms with Crippen molar-refractivity contribution in [1.82, 2.24) is 5.32 Å². The summed E-state index contributed by atoms with van der Waals surface area (Å²) in [5, 5.41) is 11.5. The lowest BCUT2D eigenvalue weighted by Gasteiger charge is -2.14. The Morgan fingerprint density at radius 3 is 2.52 bits per heavy atom. The topological polar surface area (TPSA) is 101 Å². The third-order valence-corrected chi connectivity index (χ3v) is 4.55. The maximum atomic E-state index is 12.2. The Kier molecular flexibility index (Phi) is 6.50. The van der Waals surface area contributed by atoms with Crippen LogP contribution in [0.3, 0.4) is 0 Å². The summed E-state index contributed by atoms with van der Waals surface area (Å²) in [5.41, 5.74) is 0.734. The highest BCUT2D eigenvalue weighted by atomic mass is 32.2. The number of benzene rings is 1. The van der Waals surface area contributed by atoms with E-state index in [1.54, 1.807) is 12.1 Å². The molecular weight excluding hydrogens is 318 g/mol. The zero-order valence-electron chi connectivity index (χ0n) is 13.2. The van der Waals surface area contributed by atoms with Crippen LogP contribution in [0.4, 0.5) is 0 Å². The van der Waals surface area contributed by atoms with Crippen LogP contribution in [0.25, 0.3) is 0 Å². The monoisotopic (exact) mass is 339 g/mol. The summed E-state index contributed by atoms with van der Waals surface area (Å²) in [6.45, 7) is 5.33. The Morgan fingerprint density at radius 2 is 2.04 bits per heavy atom. The molecule has 0 aromatic heterocycles. The zero-order valence-corrected chi connectivity index (χ0v) is 14.0. The number of aryl methyl sites for hydroxylation is 1. The van der Waals surface area contributed by atoms with E-state index < -0.39 is 27.8 Å². The van der Waals surface area contributed by atoms with Crippen LogP contribution in [0.1, 0.15) is 35.7 Å². The molecule has 0 saturated heterocycles. The molecule has 126 valence electrons. The standard InChI is InChI=1S/C16H21NO5S/c1-4-6-7-13(16(19)20)17-15(18)12-9-8-11(5-2)14(10-12)23(3,21)22/h4,8-10,13H,1,5-7H2,2-3H3,(H,17,18)(H,19,20). The first-order valence-corrected chi connectivity index (χ1v) is 9.07. The third-order valence-electron chi connectivity index (χ3n) is 3.37. The fraction of sp³-hybridized carbons (Fsp3) is 0.375. The number of rotatable bonds is 8. The number of allylic oxidation sites excluding steroid dienone is 1. The van der Waals surface area contributed by atoms with Gasteiger partial charge < -0.3 is 10.4 Å². The lowest BCUT2D eigenvalue weighted by molar-refractivity contribution is -0.139. The number of carboxylic acid groups (broad SMARTS) is 1. The lowest BCUT2D eigenvalue weighted by atomic mass is 10.1. The molecule has 0 heterocycles. The van der Waals surface area contributed by atoms with Crippen LogP contribution in [-0.2, 0) is 21.1 Å². The molecule has 2 N–H and O–H groups in total. The molecule has 1 atom stereocenters. The molecule has 0 aliphatic rings. The second-order valence-corrected chi connectivity index (χ2v) is 7.16.